The molecule has 1 aliphatic rings. The molecule has 0 aliphatic carbocycles. The maximum atomic E-state index is 13.2. The van der Waals surface area contributed by atoms with Crippen molar-refractivity contribution in [2.24, 2.45) is 0 Å². The van der Waals surface area contributed by atoms with Gasteiger partial charge in [-0.05, 0) is 6.08 Å². The molecule has 3 heterocycles. The largest absolute Gasteiger partial charge is 0.445 e. The highest BCUT2D eigenvalue weighted by atomic mass is 19.4. The fourth-order valence-electron chi connectivity index (χ4n) is 3.30. The average molecular weight is 501 g/mol. The van der Waals surface area contributed by atoms with Crippen molar-refractivity contribution in [1.82, 2.24) is 25.1 Å². The van der Waals surface area contributed by atoms with Crippen molar-refractivity contribution in [2.45, 2.75) is 12.2 Å². The predicted molar refractivity (Wildman–Crippen MR) is 115 cm³/mol. The molecule has 190 valence electrons. The highest BCUT2D eigenvalue weighted by molar-refractivity contribution is 5.68. The third kappa shape index (κ3) is 7.11. The number of anilines is 2. The van der Waals surface area contributed by atoms with Gasteiger partial charge < -0.3 is 24.6 Å². The van der Waals surface area contributed by atoms with Crippen LogP contribution >= 0.6 is 0 Å². The highest BCUT2D eigenvalue weighted by Crippen LogP contribution is 2.31. The number of carbonyl (C=O) groups is 1. The zero-order chi connectivity index (χ0) is 25.4. The Morgan fingerprint density at radius 2 is 1.91 bits per heavy atom. The first-order valence-corrected chi connectivity index (χ1v) is 10.4. The lowest BCUT2D eigenvalue weighted by Crippen LogP contribution is -2.49. The number of hydrogen-bond donors (Lipinski definition) is 2. The molecule has 2 aromatic rings. The van der Waals surface area contributed by atoms with Gasteiger partial charge in [0.05, 0.1) is 36.9 Å². The van der Waals surface area contributed by atoms with E-state index in [0.29, 0.717) is 32.1 Å². The number of alkyl halides is 3. The number of nitrogens with one attached hydrogen (secondary N) is 2. The van der Waals surface area contributed by atoms with Crippen LogP contribution in [-0.2, 0) is 15.7 Å². The number of rotatable bonds is 8. The molecule has 1 amide bonds. The molecule has 0 aromatic carbocycles. The Hall–Kier alpha value is -3.75. The van der Waals surface area contributed by atoms with Gasteiger partial charge in [-0.3, -0.25) is 4.79 Å². The minimum absolute atomic E-state index is 0.0258. The normalized spacial score (nSPS) is 15.3. The molecule has 1 saturated heterocycles. The van der Waals surface area contributed by atoms with Crippen LogP contribution in [0.3, 0.4) is 0 Å². The van der Waals surface area contributed by atoms with Crippen LogP contribution in [0.25, 0.3) is 0 Å². The van der Waals surface area contributed by atoms with Gasteiger partial charge in [0, 0.05) is 33.3 Å². The van der Waals surface area contributed by atoms with Crippen molar-refractivity contribution in [3.8, 4) is 0 Å². The van der Waals surface area contributed by atoms with Crippen molar-refractivity contribution in [1.29, 1.82) is 0 Å². The van der Waals surface area contributed by atoms with E-state index in [-0.39, 0.29) is 13.2 Å². The molecule has 15 heteroatoms. The maximum Gasteiger partial charge on any atom is 0.423 e. The number of nitrogens with zero attached hydrogens (tertiary/aromatic N) is 5. The Morgan fingerprint density at radius 3 is 2.54 bits per heavy atom. The van der Waals surface area contributed by atoms with Crippen LogP contribution in [-0.4, -0.2) is 83.7 Å². The van der Waals surface area contributed by atoms with E-state index in [1.807, 2.05) is 4.90 Å². The summed E-state index contributed by atoms with van der Waals surface area (Å²) in [4.78, 5) is 35.0. The van der Waals surface area contributed by atoms with Crippen LogP contribution in [0.4, 0.5) is 34.0 Å². The van der Waals surface area contributed by atoms with Crippen LogP contribution in [0.2, 0.25) is 0 Å². The van der Waals surface area contributed by atoms with Gasteiger partial charge in [0.15, 0.2) is 5.82 Å². The van der Waals surface area contributed by atoms with Gasteiger partial charge in [-0.1, -0.05) is 6.08 Å². The van der Waals surface area contributed by atoms with E-state index in [2.05, 4.69) is 20.4 Å². The molecule has 2 aromatic heterocycles. The van der Waals surface area contributed by atoms with Gasteiger partial charge in [-0.15, -0.1) is 0 Å². The fraction of sp³-hybridized carbons (Fsp3) is 0.450. The van der Waals surface area contributed by atoms with Crippen LogP contribution in [0.5, 0.6) is 0 Å². The Morgan fingerprint density at radius 1 is 1.23 bits per heavy atom. The zero-order valence-corrected chi connectivity index (χ0v) is 18.6. The molecule has 0 bridgehead atoms. The van der Waals surface area contributed by atoms with Gasteiger partial charge in [0.25, 0.3) is 5.56 Å². The van der Waals surface area contributed by atoms with Crippen molar-refractivity contribution < 1.29 is 31.8 Å². The van der Waals surface area contributed by atoms with E-state index in [1.54, 1.807) is 5.10 Å². The van der Waals surface area contributed by atoms with Gasteiger partial charge in [0.1, 0.15) is 12.2 Å². The van der Waals surface area contributed by atoms with Crippen molar-refractivity contribution >= 4 is 17.7 Å². The quantitative estimate of drug-likeness (QED) is 0.410. The first-order chi connectivity index (χ1) is 16.7. The van der Waals surface area contributed by atoms with E-state index >= 15 is 0 Å². The summed E-state index contributed by atoms with van der Waals surface area (Å²) in [5.41, 5.74) is -3.28. The Kier molecular flexibility index (Phi) is 8.57. The summed E-state index contributed by atoms with van der Waals surface area (Å²) >= 11 is 0. The lowest BCUT2D eigenvalue weighted by atomic mass is 10.2. The number of carbonyl (C=O) groups excluding carboxylic acids is 1. The lowest BCUT2D eigenvalue weighted by Gasteiger charge is -2.33. The molecule has 35 heavy (non-hydrogen) atoms. The summed E-state index contributed by atoms with van der Waals surface area (Å²) in [6, 6.07) is -0.761. The summed E-state index contributed by atoms with van der Waals surface area (Å²) in [6.07, 6.45) is 0.449. The number of piperazine rings is 1. The topological polar surface area (TPSA) is 126 Å². The van der Waals surface area contributed by atoms with Gasteiger partial charge in [-0.2, -0.15) is 18.3 Å². The van der Waals surface area contributed by atoms with E-state index < -0.39 is 40.9 Å². The fourth-order valence-corrected chi connectivity index (χ4v) is 3.30. The van der Waals surface area contributed by atoms with E-state index in [4.69, 9.17) is 9.47 Å². The number of H-pyrrole nitrogens is 1. The second kappa shape index (κ2) is 11.6. The van der Waals surface area contributed by atoms with Gasteiger partial charge in [0.2, 0.25) is 5.95 Å². The second-order valence-electron chi connectivity index (χ2n) is 7.37. The molecule has 1 atom stereocenters. The number of hydrogen-bond acceptors (Lipinski definition) is 9. The molecule has 1 aliphatic heterocycles. The van der Waals surface area contributed by atoms with Gasteiger partial charge >= 0.3 is 12.3 Å². The van der Waals surface area contributed by atoms with Crippen LogP contribution in [0.15, 0.2) is 35.5 Å². The minimum atomic E-state index is -4.89. The second-order valence-corrected chi connectivity index (χ2v) is 7.37. The Labute approximate surface area is 196 Å². The SMILES string of the molecule is COCC(/C=C/COC(=O)N1CCN(c2ncc(F)cn2)CC1)Nc1cn[nH]c(=O)c1C(F)(F)F. The summed E-state index contributed by atoms with van der Waals surface area (Å²) in [6.45, 7) is 1.38. The molecule has 0 spiro atoms. The van der Waals surface area contributed by atoms with Crippen molar-refractivity contribution in [3.05, 3.63) is 52.5 Å². The molecular weight excluding hydrogens is 478 g/mol. The molecular formula is C20H23F4N7O4. The molecule has 3 rings (SSSR count). The smallest absolute Gasteiger partial charge is 0.423 e. The van der Waals surface area contributed by atoms with Crippen LogP contribution < -0.4 is 15.8 Å². The molecule has 1 unspecified atom stereocenters. The number of halogens is 4. The number of ether oxygens (including phenoxy) is 2. The number of methoxy groups -OCH3 is 1. The molecule has 1 fully saturated rings. The number of aromatic amines is 1. The first-order valence-electron chi connectivity index (χ1n) is 10.4. The third-order valence-electron chi connectivity index (χ3n) is 4.93. The summed E-state index contributed by atoms with van der Waals surface area (Å²) in [7, 11) is 1.36. The van der Waals surface area contributed by atoms with Crippen LogP contribution in [0.1, 0.15) is 5.56 Å². The van der Waals surface area contributed by atoms with E-state index in [0.717, 1.165) is 18.6 Å². The average Bonchev–Trinajstić information content (AvgIpc) is 2.81. The zero-order valence-electron chi connectivity index (χ0n) is 18.6. The standard InChI is InChI=1S/C20H23F4N7O4/c1-34-12-14(28-15-11-27-29-17(32)16(15)20(22,23)24)3-2-8-35-19(33)31-6-4-30(5-7-31)18-25-9-13(21)10-26-18/h2-3,9-11,14H,4-8,12H2,1H3,(H2,28,29,32)/b3-2+. The predicted octanol–water partition coefficient (Wildman–Crippen LogP) is 1.66. The molecule has 0 radical (unpaired) electrons. The summed E-state index contributed by atoms with van der Waals surface area (Å²) in [5.74, 6) is -0.176. The molecule has 11 nitrogen and oxygen atoms in total. The Balaban J connectivity index is 1.51. The number of aromatic nitrogens is 4. The minimum Gasteiger partial charge on any atom is -0.445 e. The molecule has 2 N–H and O–H groups in total. The van der Waals surface area contributed by atoms with Crippen molar-refractivity contribution in [3.63, 3.8) is 0 Å². The highest BCUT2D eigenvalue weighted by Gasteiger charge is 2.37. The monoisotopic (exact) mass is 501 g/mol. The summed E-state index contributed by atoms with van der Waals surface area (Å²) < 4.78 is 62.9. The van der Waals surface area contributed by atoms with E-state index in [1.165, 1.54) is 24.2 Å². The Bertz CT molecular complexity index is 1070. The third-order valence-corrected chi connectivity index (χ3v) is 4.93. The first kappa shape index (κ1) is 25.9. The summed E-state index contributed by atoms with van der Waals surface area (Å²) in [5, 5.41) is 7.73. The van der Waals surface area contributed by atoms with Gasteiger partial charge in [-0.25, -0.2) is 24.3 Å². The maximum absolute atomic E-state index is 13.2. The van der Waals surface area contributed by atoms with Crippen molar-refractivity contribution in [2.75, 3.05) is 56.7 Å². The molecule has 0 saturated carbocycles. The number of amides is 1. The lowest BCUT2D eigenvalue weighted by molar-refractivity contribution is -0.138. The van der Waals surface area contributed by atoms with E-state index in [9.17, 15) is 27.2 Å². The van der Waals surface area contributed by atoms with Crippen LogP contribution in [0, 0.1) is 5.82 Å².